The van der Waals surface area contributed by atoms with E-state index in [1.165, 1.54) is 0 Å². The summed E-state index contributed by atoms with van der Waals surface area (Å²) in [6.07, 6.45) is 0.679. The Kier molecular flexibility index (Phi) is 6.70. The molecule has 0 saturated heterocycles. The Morgan fingerprint density at radius 1 is 0.587 bits per heavy atom. The number of allylic oxidation sites excluding steroid dienone is 2. The van der Waals surface area contributed by atoms with Crippen LogP contribution in [-0.2, 0) is 6.42 Å². The number of fused-ring (bicyclic) bond motifs is 4. The summed E-state index contributed by atoms with van der Waals surface area (Å²) in [4.78, 5) is 2.06. The van der Waals surface area contributed by atoms with Crippen LogP contribution in [0.4, 0.5) is 57.9 Å². The van der Waals surface area contributed by atoms with E-state index in [0.717, 1.165) is 28.2 Å². The molecule has 0 saturated carbocycles. The van der Waals surface area contributed by atoms with E-state index in [9.17, 15) is 17.6 Å². The fourth-order valence-corrected chi connectivity index (χ4v) is 6.97. The predicted molar refractivity (Wildman–Crippen MR) is 161 cm³/mol. The molecular weight excluding hydrogens is 612 g/mol. The van der Waals surface area contributed by atoms with Crippen molar-refractivity contribution in [1.82, 2.24) is 0 Å². The van der Waals surface area contributed by atoms with Gasteiger partial charge in [-0.05, 0) is 78.8 Å². The van der Waals surface area contributed by atoms with Crippen molar-refractivity contribution in [3.05, 3.63) is 145 Å². The molecule has 10 heteroatoms. The minimum atomic E-state index is -2.20. The zero-order valence-corrected chi connectivity index (χ0v) is 24.9. The molecule has 1 atom stereocenters. The average Bonchev–Trinajstić information content (AvgIpc) is 3.06. The van der Waals surface area contributed by atoms with E-state index < -0.39 is 75.0 Å². The minimum absolute atomic E-state index is 0.0162. The number of benzene rings is 4. The highest BCUT2D eigenvalue weighted by Gasteiger charge is 2.45. The van der Waals surface area contributed by atoms with Gasteiger partial charge in [0.25, 0.3) is 0 Å². The van der Waals surface area contributed by atoms with E-state index >= 15 is 17.6 Å². The molecule has 2 nitrogen and oxygen atoms in total. The highest BCUT2D eigenvalue weighted by Crippen LogP contribution is 2.54. The number of nitrogens with zero attached hydrogens (tertiary/aromatic N) is 1. The Hall–Kier alpha value is -4.86. The van der Waals surface area contributed by atoms with Crippen molar-refractivity contribution in [2.75, 3.05) is 10.2 Å². The van der Waals surface area contributed by atoms with E-state index in [0.29, 0.717) is 28.7 Å². The second-order valence-electron chi connectivity index (χ2n) is 11.7. The molecule has 4 aromatic carbocycles. The van der Waals surface area contributed by atoms with Gasteiger partial charge in [-0.1, -0.05) is 36.4 Å². The van der Waals surface area contributed by atoms with Crippen molar-refractivity contribution in [3.8, 4) is 0 Å². The van der Waals surface area contributed by atoms with E-state index in [-0.39, 0.29) is 5.56 Å². The molecule has 1 unspecified atom stereocenters. The van der Waals surface area contributed by atoms with E-state index in [1.54, 1.807) is 27.7 Å². The highest BCUT2D eigenvalue weighted by molar-refractivity contribution is 5.98. The van der Waals surface area contributed by atoms with Crippen molar-refractivity contribution in [1.29, 1.82) is 0 Å². The molecule has 2 heterocycles. The maximum atomic E-state index is 15.7. The summed E-state index contributed by atoms with van der Waals surface area (Å²) in [5.41, 5.74) is 2.97. The van der Waals surface area contributed by atoms with Crippen LogP contribution in [0.25, 0.3) is 5.57 Å². The molecule has 0 amide bonds. The van der Waals surface area contributed by atoms with Crippen LogP contribution in [0, 0.1) is 51.0 Å². The summed E-state index contributed by atoms with van der Waals surface area (Å²) in [5.74, 6) is -16.3. The SMILES string of the molecule is Cc1c(C)c(N2c3ccccc3Cc3ccccc32)c(C)c(C)c1C1=C2C(F)=C(F)C(F)=C(F)C2Nc2c(F)c(F)c(F)c(F)c21. The summed E-state index contributed by atoms with van der Waals surface area (Å²) >= 11 is 0. The molecule has 3 aliphatic rings. The van der Waals surface area contributed by atoms with Crippen LogP contribution in [0.15, 0.2) is 77.4 Å². The molecule has 0 spiro atoms. The molecular formula is C36H24F8N2. The lowest BCUT2D eigenvalue weighted by molar-refractivity contribution is 0.405. The maximum Gasteiger partial charge on any atom is 0.199 e. The van der Waals surface area contributed by atoms with Gasteiger partial charge in [0.15, 0.2) is 46.6 Å². The molecule has 4 aromatic rings. The molecule has 1 aliphatic carbocycles. The Bertz CT molecular complexity index is 2070. The Morgan fingerprint density at radius 2 is 1.11 bits per heavy atom. The van der Waals surface area contributed by atoms with Crippen molar-refractivity contribution in [3.63, 3.8) is 0 Å². The number of anilines is 4. The van der Waals surface area contributed by atoms with Gasteiger partial charge < -0.3 is 10.2 Å². The Morgan fingerprint density at radius 3 is 1.67 bits per heavy atom. The first kappa shape index (κ1) is 29.8. The third-order valence-electron chi connectivity index (χ3n) is 9.35. The first-order valence-electron chi connectivity index (χ1n) is 14.4. The summed E-state index contributed by atoms with van der Waals surface area (Å²) in [7, 11) is 0. The van der Waals surface area contributed by atoms with Crippen molar-refractivity contribution in [2.45, 2.75) is 40.2 Å². The van der Waals surface area contributed by atoms with Gasteiger partial charge in [0.2, 0.25) is 0 Å². The zero-order valence-electron chi connectivity index (χ0n) is 24.9. The van der Waals surface area contributed by atoms with Crippen molar-refractivity contribution >= 4 is 28.3 Å². The molecule has 1 N–H and O–H groups in total. The topological polar surface area (TPSA) is 15.3 Å². The van der Waals surface area contributed by atoms with E-state index in [4.69, 9.17) is 0 Å². The summed E-state index contributed by atoms with van der Waals surface area (Å²) in [6, 6.07) is 13.4. The van der Waals surface area contributed by atoms with Crippen LogP contribution in [0.5, 0.6) is 0 Å². The average molecular weight is 637 g/mol. The normalized spacial score (nSPS) is 17.1. The van der Waals surface area contributed by atoms with E-state index in [1.807, 2.05) is 48.5 Å². The summed E-state index contributed by atoms with van der Waals surface area (Å²) in [5, 5.41) is 2.06. The number of halogens is 8. The van der Waals surface area contributed by atoms with Gasteiger partial charge in [0.05, 0.1) is 11.4 Å². The van der Waals surface area contributed by atoms with Crippen LogP contribution in [0.2, 0.25) is 0 Å². The van der Waals surface area contributed by atoms with Gasteiger partial charge in [-0.25, -0.2) is 35.1 Å². The monoisotopic (exact) mass is 636 g/mol. The van der Waals surface area contributed by atoms with Crippen LogP contribution in [-0.4, -0.2) is 6.04 Å². The molecule has 234 valence electrons. The molecule has 0 fully saturated rings. The molecule has 0 bridgehead atoms. The van der Waals surface area contributed by atoms with Crippen LogP contribution < -0.4 is 10.2 Å². The lowest BCUT2D eigenvalue weighted by Crippen LogP contribution is -2.34. The lowest BCUT2D eigenvalue weighted by Gasteiger charge is -2.38. The number of para-hydroxylation sites is 2. The van der Waals surface area contributed by atoms with Crippen LogP contribution in [0.1, 0.15) is 44.5 Å². The number of rotatable bonds is 2. The van der Waals surface area contributed by atoms with Crippen molar-refractivity contribution in [2.24, 2.45) is 0 Å². The molecule has 46 heavy (non-hydrogen) atoms. The quantitative estimate of drug-likeness (QED) is 0.118. The van der Waals surface area contributed by atoms with Gasteiger partial charge in [-0.2, -0.15) is 0 Å². The predicted octanol–water partition coefficient (Wildman–Crippen LogP) is 10.8. The van der Waals surface area contributed by atoms with Gasteiger partial charge >= 0.3 is 0 Å². The smallest absolute Gasteiger partial charge is 0.199 e. The van der Waals surface area contributed by atoms with Crippen molar-refractivity contribution < 1.29 is 35.1 Å². The van der Waals surface area contributed by atoms with Gasteiger partial charge in [-0.3, -0.25) is 0 Å². The van der Waals surface area contributed by atoms with Gasteiger partial charge in [-0.15, -0.1) is 0 Å². The first-order chi connectivity index (χ1) is 21.9. The molecule has 2 aliphatic heterocycles. The zero-order chi connectivity index (χ0) is 32.9. The second-order valence-corrected chi connectivity index (χ2v) is 11.7. The third-order valence-corrected chi connectivity index (χ3v) is 9.35. The minimum Gasteiger partial charge on any atom is -0.369 e. The van der Waals surface area contributed by atoms with E-state index in [2.05, 4.69) is 10.2 Å². The Labute approximate surface area is 259 Å². The standard InChI is InChI=1S/C36H24F8N2/c1-14-16(3)36(46-20-11-7-5-9-18(20)13-19-10-6-8-12-21(19)46)17(4)15(2)22(14)23-24-26(37)28(39)30(41)32(43)34(24)45-35-25(23)27(38)29(40)31(42)33(35)44/h5-12,34,45H,13H2,1-4H3. The van der Waals surface area contributed by atoms with Crippen LogP contribution >= 0.6 is 0 Å². The summed E-state index contributed by atoms with van der Waals surface area (Å²) in [6.45, 7) is 6.71. The first-order valence-corrected chi connectivity index (χ1v) is 14.4. The molecule has 0 radical (unpaired) electrons. The van der Waals surface area contributed by atoms with Crippen LogP contribution in [0.3, 0.4) is 0 Å². The fraction of sp³-hybridized carbons (Fsp3) is 0.167. The third kappa shape index (κ3) is 3.88. The Balaban J connectivity index is 1.59. The number of nitrogens with one attached hydrogen (secondary N) is 1. The number of hydrogen-bond donors (Lipinski definition) is 1. The fourth-order valence-electron chi connectivity index (χ4n) is 6.97. The lowest BCUT2D eigenvalue weighted by atomic mass is 9.77. The highest BCUT2D eigenvalue weighted by atomic mass is 19.2. The second kappa shape index (κ2) is 10.3. The molecule has 0 aromatic heterocycles. The van der Waals surface area contributed by atoms with Gasteiger partial charge in [0, 0.05) is 34.5 Å². The number of hydrogen-bond acceptors (Lipinski definition) is 2. The maximum absolute atomic E-state index is 15.7. The van der Waals surface area contributed by atoms with Gasteiger partial charge in [0.1, 0.15) is 6.04 Å². The largest absolute Gasteiger partial charge is 0.369 e. The summed E-state index contributed by atoms with van der Waals surface area (Å²) < 4.78 is 120. The molecule has 7 rings (SSSR count).